The number of ether oxygens (including phenoxy) is 2. The zero-order chi connectivity index (χ0) is 20.2. The van der Waals surface area contributed by atoms with E-state index in [0.29, 0.717) is 5.56 Å². The first-order valence-electron chi connectivity index (χ1n) is 8.63. The lowest BCUT2D eigenvalue weighted by atomic mass is 9.96. The largest absolute Gasteiger partial charge is 0.478 e. The summed E-state index contributed by atoms with van der Waals surface area (Å²) in [6.07, 6.45) is -1.92. The molecule has 1 N–H and O–H groups in total. The summed E-state index contributed by atoms with van der Waals surface area (Å²) in [6, 6.07) is 8.51. The van der Waals surface area contributed by atoms with Gasteiger partial charge in [0.25, 0.3) is 5.66 Å². The number of aliphatic carboxylic acids is 1. The van der Waals surface area contributed by atoms with E-state index in [4.69, 9.17) is 9.47 Å². The van der Waals surface area contributed by atoms with Crippen LogP contribution in [0, 0.1) is 5.92 Å². The number of rotatable bonds is 5. The summed E-state index contributed by atoms with van der Waals surface area (Å²) in [5.41, 5.74) is -1.59. The van der Waals surface area contributed by atoms with Crippen molar-refractivity contribution in [2.75, 3.05) is 13.2 Å². The molecule has 27 heavy (non-hydrogen) atoms. The fraction of sp³-hybridized carbons (Fsp3) is 0.444. The minimum absolute atomic E-state index is 0.000460. The van der Waals surface area contributed by atoms with Crippen LogP contribution in [0.3, 0.4) is 0 Å². The fourth-order valence-corrected chi connectivity index (χ4v) is 2.79. The van der Waals surface area contributed by atoms with Gasteiger partial charge in [-0.15, -0.1) is 0 Å². The van der Waals surface area contributed by atoms with Gasteiger partial charge in [0.15, 0.2) is 5.84 Å². The third-order valence-corrected chi connectivity index (χ3v) is 4.03. The standard InChI is InChI=1S/C18H23N3O6/c1-5-26-16(24)20-14(13-10-8-7-9-11-13)19-18(12(3)4,15(22)23)21(20)17(25)27-6-2/h7-12H,5-6H2,1-4H3,(H,22,23). The molecule has 0 fully saturated rings. The van der Waals surface area contributed by atoms with Crippen LogP contribution < -0.4 is 0 Å². The first-order valence-corrected chi connectivity index (χ1v) is 8.63. The molecule has 1 aromatic carbocycles. The van der Waals surface area contributed by atoms with Crippen molar-refractivity contribution in [3.63, 3.8) is 0 Å². The first-order chi connectivity index (χ1) is 12.8. The molecule has 1 aliphatic heterocycles. The number of carbonyl (C=O) groups excluding carboxylic acids is 2. The summed E-state index contributed by atoms with van der Waals surface area (Å²) >= 11 is 0. The SMILES string of the molecule is CCOC(=O)N1C(c2ccccc2)=NC(C(=O)O)(C(C)C)N1C(=O)OCC. The van der Waals surface area contributed by atoms with Crippen LogP contribution in [0.2, 0.25) is 0 Å². The van der Waals surface area contributed by atoms with E-state index in [0.717, 1.165) is 10.0 Å². The average Bonchev–Trinajstić information content (AvgIpc) is 3.00. The maximum Gasteiger partial charge on any atom is 0.435 e. The number of carbonyl (C=O) groups is 3. The topological polar surface area (TPSA) is 109 Å². The molecule has 2 amide bonds. The van der Waals surface area contributed by atoms with Crippen molar-refractivity contribution in [2.24, 2.45) is 10.9 Å². The number of carboxylic acid groups (broad SMARTS) is 1. The van der Waals surface area contributed by atoms with E-state index in [9.17, 15) is 19.5 Å². The molecule has 0 saturated heterocycles. The number of benzene rings is 1. The third-order valence-electron chi connectivity index (χ3n) is 4.03. The van der Waals surface area contributed by atoms with Gasteiger partial charge in [-0.1, -0.05) is 44.2 Å². The second-order valence-corrected chi connectivity index (χ2v) is 6.01. The van der Waals surface area contributed by atoms with Gasteiger partial charge in [0, 0.05) is 11.5 Å². The maximum absolute atomic E-state index is 12.7. The Labute approximate surface area is 157 Å². The van der Waals surface area contributed by atoms with Crippen molar-refractivity contribution in [2.45, 2.75) is 33.4 Å². The molecular weight excluding hydrogens is 354 g/mol. The second kappa shape index (κ2) is 8.07. The van der Waals surface area contributed by atoms with E-state index in [-0.39, 0.29) is 19.0 Å². The lowest BCUT2D eigenvalue weighted by Gasteiger charge is -2.37. The van der Waals surface area contributed by atoms with Crippen LogP contribution in [0.5, 0.6) is 0 Å². The van der Waals surface area contributed by atoms with Crippen LogP contribution in [-0.4, -0.2) is 58.0 Å². The van der Waals surface area contributed by atoms with Crippen molar-refractivity contribution >= 4 is 24.0 Å². The number of hydrogen-bond acceptors (Lipinski definition) is 6. The smallest absolute Gasteiger partial charge is 0.435 e. The quantitative estimate of drug-likeness (QED) is 0.845. The van der Waals surface area contributed by atoms with Gasteiger partial charge in [0.05, 0.1) is 13.2 Å². The molecule has 9 heteroatoms. The monoisotopic (exact) mass is 377 g/mol. The molecule has 1 aromatic rings. The predicted molar refractivity (Wildman–Crippen MR) is 95.9 cm³/mol. The fourth-order valence-electron chi connectivity index (χ4n) is 2.79. The van der Waals surface area contributed by atoms with Gasteiger partial charge in [-0.3, -0.25) is 0 Å². The van der Waals surface area contributed by atoms with E-state index < -0.39 is 29.7 Å². The molecule has 1 unspecified atom stereocenters. The molecule has 1 atom stereocenters. The van der Waals surface area contributed by atoms with Crippen LogP contribution in [0.25, 0.3) is 0 Å². The first kappa shape index (κ1) is 20.2. The molecule has 146 valence electrons. The minimum atomic E-state index is -2.05. The van der Waals surface area contributed by atoms with Crippen molar-refractivity contribution in [1.29, 1.82) is 0 Å². The summed E-state index contributed by atoms with van der Waals surface area (Å²) in [7, 11) is 0. The minimum Gasteiger partial charge on any atom is -0.478 e. The Hall–Kier alpha value is -3.10. The van der Waals surface area contributed by atoms with Crippen LogP contribution >= 0.6 is 0 Å². The summed E-state index contributed by atoms with van der Waals surface area (Å²) < 4.78 is 10.1. The number of amides is 2. The summed E-state index contributed by atoms with van der Waals surface area (Å²) in [6.45, 7) is 6.42. The van der Waals surface area contributed by atoms with Crippen LogP contribution in [0.15, 0.2) is 35.3 Å². The Kier molecular flexibility index (Phi) is 6.04. The lowest BCUT2D eigenvalue weighted by molar-refractivity contribution is -0.158. The second-order valence-electron chi connectivity index (χ2n) is 6.01. The van der Waals surface area contributed by atoms with Gasteiger partial charge in [-0.05, 0) is 13.8 Å². The number of carboxylic acids is 1. The van der Waals surface area contributed by atoms with Crippen molar-refractivity contribution < 1.29 is 29.0 Å². The number of amidine groups is 1. The molecule has 0 aromatic heterocycles. The van der Waals surface area contributed by atoms with E-state index >= 15 is 0 Å². The van der Waals surface area contributed by atoms with E-state index in [2.05, 4.69) is 4.99 Å². The summed E-state index contributed by atoms with van der Waals surface area (Å²) in [5.74, 6) is -2.05. The molecule has 0 spiro atoms. The van der Waals surface area contributed by atoms with Gasteiger partial charge in [-0.25, -0.2) is 19.4 Å². The molecule has 2 rings (SSSR count). The average molecular weight is 377 g/mol. The third kappa shape index (κ3) is 3.44. The molecule has 0 radical (unpaired) electrons. The van der Waals surface area contributed by atoms with Gasteiger partial charge in [0.1, 0.15) is 0 Å². The normalized spacial score (nSPS) is 19.1. The lowest BCUT2D eigenvalue weighted by Crippen LogP contribution is -2.62. The molecule has 0 aliphatic carbocycles. The highest BCUT2D eigenvalue weighted by Crippen LogP contribution is 2.37. The highest BCUT2D eigenvalue weighted by molar-refractivity contribution is 6.10. The van der Waals surface area contributed by atoms with Crippen LogP contribution in [-0.2, 0) is 14.3 Å². The Balaban J connectivity index is 2.73. The molecule has 0 saturated carbocycles. The highest BCUT2D eigenvalue weighted by atomic mass is 16.6. The summed E-state index contributed by atoms with van der Waals surface area (Å²) in [5, 5.41) is 11.5. The van der Waals surface area contributed by atoms with Gasteiger partial charge < -0.3 is 14.6 Å². The zero-order valence-corrected chi connectivity index (χ0v) is 15.7. The molecule has 0 bridgehead atoms. The predicted octanol–water partition coefficient (Wildman–Crippen LogP) is 2.72. The van der Waals surface area contributed by atoms with E-state index in [1.54, 1.807) is 58.0 Å². The number of hydrazine groups is 1. The number of hydrogen-bond donors (Lipinski definition) is 1. The Morgan fingerprint density at radius 1 is 1.07 bits per heavy atom. The van der Waals surface area contributed by atoms with Crippen molar-refractivity contribution in [1.82, 2.24) is 10.0 Å². The van der Waals surface area contributed by atoms with Crippen LogP contribution in [0.4, 0.5) is 9.59 Å². The van der Waals surface area contributed by atoms with Gasteiger partial charge in [0.2, 0.25) is 0 Å². The molecule has 9 nitrogen and oxygen atoms in total. The van der Waals surface area contributed by atoms with Crippen LogP contribution in [0.1, 0.15) is 33.3 Å². The summed E-state index contributed by atoms with van der Waals surface area (Å²) in [4.78, 5) is 41.9. The van der Waals surface area contributed by atoms with Crippen molar-refractivity contribution in [3.05, 3.63) is 35.9 Å². The molecule has 1 heterocycles. The highest BCUT2D eigenvalue weighted by Gasteiger charge is 2.60. The molecule has 1 aliphatic rings. The van der Waals surface area contributed by atoms with E-state index in [1.807, 2.05) is 0 Å². The zero-order valence-electron chi connectivity index (χ0n) is 15.7. The number of aliphatic imine (C=N–C) groups is 1. The Morgan fingerprint density at radius 2 is 1.63 bits per heavy atom. The Bertz CT molecular complexity index is 749. The van der Waals surface area contributed by atoms with E-state index in [1.165, 1.54) is 0 Å². The molecular formula is C18H23N3O6. The van der Waals surface area contributed by atoms with Gasteiger partial charge >= 0.3 is 18.2 Å². The Morgan fingerprint density at radius 3 is 2.11 bits per heavy atom. The van der Waals surface area contributed by atoms with Crippen molar-refractivity contribution in [3.8, 4) is 0 Å². The maximum atomic E-state index is 12.7. The number of nitrogens with zero attached hydrogens (tertiary/aromatic N) is 3. The van der Waals surface area contributed by atoms with Gasteiger partial charge in [-0.2, -0.15) is 10.0 Å².